The Hall–Kier alpha value is -2.43. The molecule has 0 atom stereocenters. The Kier molecular flexibility index (Phi) is 3.98. The van der Waals surface area contributed by atoms with Crippen molar-refractivity contribution in [2.45, 2.75) is 6.42 Å². The third-order valence-corrected chi connectivity index (χ3v) is 2.95. The van der Waals surface area contributed by atoms with Gasteiger partial charge in [-0.2, -0.15) is 0 Å². The lowest BCUT2D eigenvalue weighted by Crippen LogP contribution is -2.27. The van der Waals surface area contributed by atoms with Gasteiger partial charge in [0.15, 0.2) is 11.6 Å². The van der Waals surface area contributed by atoms with Gasteiger partial charge in [0, 0.05) is 12.7 Å². The third-order valence-electron chi connectivity index (χ3n) is 2.95. The van der Waals surface area contributed by atoms with E-state index in [9.17, 15) is 18.7 Å². The van der Waals surface area contributed by atoms with Crippen LogP contribution in [0.2, 0.25) is 0 Å². The van der Waals surface area contributed by atoms with Gasteiger partial charge in [-0.1, -0.05) is 6.07 Å². The number of nitrogens with zero attached hydrogens (tertiary/aromatic N) is 1. The third kappa shape index (κ3) is 3.12. The maximum Gasteiger partial charge on any atom is 0.231 e. The van der Waals surface area contributed by atoms with E-state index in [2.05, 4.69) is 0 Å². The normalized spacial score (nSPS) is 10.3. The summed E-state index contributed by atoms with van der Waals surface area (Å²) in [5.41, 5.74) is 1.01. The minimum Gasteiger partial charge on any atom is -0.508 e. The molecular weight excluding hydrogens is 264 g/mol. The van der Waals surface area contributed by atoms with Crippen LogP contribution in [0.25, 0.3) is 0 Å². The van der Waals surface area contributed by atoms with E-state index in [0.29, 0.717) is 11.3 Å². The van der Waals surface area contributed by atoms with Crippen LogP contribution in [0.5, 0.6) is 5.75 Å². The average molecular weight is 277 g/mol. The van der Waals surface area contributed by atoms with Crippen molar-refractivity contribution in [3.63, 3.8) is 0 Å². The van der Waals surface area contributed by atoms with Gasteiger partial charge in [0.05, 0.1) is 6.42 Å². The van der Waals surface area contributed by atoms with Crippen molar-refractivity contribution in [3.05, 3.63) is 59.7 Å². The van der Waals surface area contributed by atoms with E-state index >= 15 is 0 Å². The van der Waals surface area contributed by atoms with Gasteiger partial charge in [-0.3, -0.25) is 4.79 Å². The Morgan fingerprint density at radius 3 is 2.35 bits per heavy atom. The molecule has 0 heterocycles. The molecule has 104 valence electrons. The van der Waals surface area contributed by atoms with Gasteiger partial charge in [-0.25, -0.2) is 8.78 Å². The quantitative estimate of drug-likeness (QED) is 0.937. The first-order valence-electron chi connectivity index (χ1n) is 5.97. The summed E-state index contributed by atoms with van der Waals surface area (Å²) in [6.45, 7) is 0. The Morgan fingerprint density at radius 2 is 1.75 bits per heavy atom. The highest BCUT2D eigenvalue weighted by molar-refractivity contribution is 5.94. The highest BCUT2D eigenvalue weighted by Crippen LogP contribution is 2.18. The fourth-order valence-electron chi connectivity index (χ4n) is 1.76. The maximum atomic E-state index is 13.1. The van der Waals surface area contributed by atoms with Crippen LogP contribution >= 0.6 is 0 Å². The molecule has 1 amide bonds. The Labute approximate surface area is 115 Å². The van der Waals surface area contributed by atoms with E-state index in [4.69, 9.17) is 0 Å². The number of halogens is 2. The molecule has 0 radical (unpaired) electrons. The maximum absolute atomic E-state index is 13.1. The Morgan fingerprint density at radius 1 is 1.10 bits per heavy atom. The number of aromatic hydroxyl groups is 1. The van der Waals surface area contributed by atoms with Crippen LogP contribution in [-0.2, 0) is 11.2 Å². The van der Waals surface area contributed by atoms with Gasteiger partial charge in [-0.05, 0) is 42.0 Å². The zero-order valence-electron chi connectivity index (χ0n) is 10.8. The summed E-state index contributed by atoms with van der Waals surface area (Å²) in [6, 6.07) is 9.52. The summed E-state index contributed by atoms with van der Waals surface area (Å²) in [4.78, 5) is 13.4. The molecule has 0 aromatic heterocycles. The van der Waals surface area contributed by atoms with E-state index in [0.717, 1.165) is 12.1 Å². The smallest absolute Gasteiger partial charge is 0.231 e. The van der Waals surface area contributed by atoms with Gasteiger partial charge in [-0.15, -0.1) is 0 Å². The van der Waals surface area contributed by atoms with Crippen molar-refractivity contribution < 1.29 is 18.7 Å². The topological polar surface area (TPSA) is 40.5 Å². The lowest BCUT2D eigenvalue weighted by Gasteiger charge is -2.17. The number of phenolic OH excluding ortho intramolecular Hbond substituents is 1. The molecule has 0 fully saturated rings. The molecule has 0 bridgehead atoms. The number of hydrogen-bond acceptors (Lipinski definition) is 2. The van der Waals surface area contributed by atoms with Crippen LogP contribution in [0.3, 0.4) is 0 Å². The predicted octanol–water partition coefficient (Wildman–Crippen LogP) is 2.88. The number of anilines is 1. The zero-order chi connectivity index (χ0) is 14.7. The van der Waals surface area contributed by atoms with E-state index in [1.165, 1.54) is 23.1 Å². The van der Waals surface area contributed by atoms with Crippen molar-refractivity contribution in [2.24, 2.45) is 0 Å². The second-order valence-corrected chi connectivity index (χ2v) is 4.39. The zero-order valence-corrected chi connectivity index (χ0v) is 10.8. The molecule has 20 heavy (non-hydrogen) atoms. The van der Waals surface area contributed by atoms with Gasteiger partial charge in [0.25, 0.3) is 0 Å². The van der Waals surface area contributed by atoms with E-state index < -0.39 is 11.6 Å². The molecule has 0 aliphatic heterocycles. The largest absolute Gasteiger partial charge is 0.508 e. The predicted molar refractivity (Wildman–Crippen MR) is 71.6 cm³/mol. The number of carbonyl (C=O) groups is 1. The molecule has 0 saturated carbocycles. The molecule has 2 aromatic carbocycles. The summed E-state index contributed by atoms with van der Waals surface area (Å²) in [6.07, 6.45) is -0.0332. The minimum atomic E-state index is -0.970. The molecule has 0 unspecified atom stereocenters. The summed E-state index contributed by atoms with van der Waals surface area (Å²) in [5, 5.41) is 9.19. The van der Waals surface area contributed by atoms with Crippen molar-refractivity contribution >= 4 is 11.6 Å². The SMILES string of the molecule is CN(C(=O)Cc1ccc(F)c(F)c1)c1ccc(O)cc1. The minimum absolute atomic E-state index is 0.0332. The molecule has 2 aromatic rings. The molecule has 3 nitrogen and oxygen atoms in total. The number of likely N-dealkylation sites (N-methyl/N-ethyl adjacent to an activating group) is 1. The lowest BCUT2D eigenvalue weighted by atomic mass is 10.1. The van der Waals surface area contributed by atoms with Crippen LogP contribution < -0.4 is 4.90 Å². The Balaban J connectivity index is 2.11. The first-order valence-corrected chi connectivity index (χ1v) is 5.97. The summed E-state index contributed by atoms with van der Waals surface area (Å²) >= 11 is 0. The van der Waals surface area contributed by atoms with Crippen LogP contribution in [0, 0.1) is 11.6 Å². The molecule has 0 saturated heterocycles. The summed E-state index contributed by atoms with van der Waals surface area (Å²) in [5.74, 6) is -2.06. The van der Waals surface area contributed by atoms with Crippen molar-refractivity contribution in [3.8, 4) is 5.75 Å². The fourth-order valence-corrected chi connectivity index (χ4v) is 1.76. The Bertz CT molecular complexity index is 626. The molecule has 0 aliphatic carbocycles. The molecule has 2 rings (SSSR count). The number of rotatable bonds is 3. The van der Waals surface area contributed by atoms with Gasteiger partial charge in [0.1, 0.15) is 5.75 Å². The number of carbonyl (C=O) groups excluding carboxylic acids is 1. The number of hydrogen-bond donors (Lipinski definition) is 1. The average Bonchev–Trinajstić information content (AvgIpc) is 2.43. The first-order chi connectivity index (χ1) is 9.47. The molecular formula is C15H13F2NO2. The monoisotopic (exact) mass is 277 g/mol. The highest BCUT2D eigenvalue weighted by atomic mass is 19.2. The van der Waals surface area contributed by atoms with Crippen LogP contribution in [-0.4, -0.2) is 18.1 Å². The second-order valence-electron chi connectivity index (χ2n) is 4.39. The van der Waals surface area contributed by atoms with E-state index in [1.54, 1.807) is 19.2 Å². The molecule has 0 spiro atoms. The molecule has 5 heteroatoms. The standard InChI is InChI=1S/C15H13F2NO2/c1-18(11-3-5-12(19)6-4-11)15(20)9-10-2-7-13(16)14(17)8-10/h2-8,19H,9H2,1H3. The number of amides is 1. The van der Waals surface area contributed by atoms with E-state index in [1.807, 2.05) is 0 Å². The number of phenols is 1. The lowest BCUT2D eigenvalue weighted by molar-refractivity contribution is -0.117. The first kappa shape index (κ1) is 14.0. The van der Waals surface area contributed by atoms with Gasteiger partial charge >= 0.3 is 0 Å². The second kappa shape index (κ2) is 5.69. The summed E-state index contributed by atoms with van der Waals surface area (Å²) in [7, 11) is 1.58. The summed E-state index contributed by atoms with van der Waals surface area (Å²) < 4.78 is 25.9. The highest BCUT2D eigenvalue weighted by Gasteiger charge is 2.13. The van der Waals surface area contributed by atoms with Gasteiger partial charge < -0.3 is 10.0 Å². The molecule has 0 aliphatic rings. The van der Waals surface area contributed by atoms with Gasteiger partial charge in [0.2, 0.25) is 5.91 Å². The van der Waals surface area contributed by atoms with Crippen molar-refractivity contribution in [1.82, 2.24) is 0 Å². The number of benzene rings is 2. The van der Waals surface area contributed by atoms with Crippen molar-refractivity contribution in [2.75, 3.05) is 11.9 Å². The van der Waals surface area contributed by atoms with E-state index in [-0.39, 0.29) is 18.1 Å². The van der Waals surface area contributed by atoms with Crippen LogP contribution in [0.1, 0.15) is 5.56 Å². The van der Waals surface area contributed by atoms with Crippen molar-refractivity contribution in [1.29, 1.82) is 0 Å². The molecule has 1 N–H and O–H groups in total. The van der Waals surface area contributed by atoms with Crippen LogP contribution in [0.4, 0.5) is 14.5 Å². The fraction of sp³-hybridized carbons (Fsp3) is 0.133. The van der Waals surface area contributed by atoms with Crippen LogP contribution in [0.15, 0.2) is 42.5 Å².